The lowest BCUT2D eigenvalue weighted by atomic mass is 9.96. The first-order valence-corrected chi connectivity index (χ1v) is 7.04. The van der Waals surface area contributed by atoms with E-state index in [9.17, 15) is 0 Å². The Labute approximate surface area is 97.7 Å². The van der Waals surface area contributed by atoms with E-state index in [1.54, 1.807) is 0 Å². The van der Waals surface area contributed by atoms with Crippen molar-refractivity contribution in [2.45, 2.75) is 24.5 Å². The van der Waals surface area contributed by atoms with E-state index in [1.807, 2.05) is 18.7 Å². The lowest BCUT2D eigenvalue weighted by Crippen LogP contribution is -2.47. The first kappa shape index (κ1) is 13.3. The summed E-state index contributed by atoms with van der Waals surface area (Å²) in [5, 5.41) is 0. The van der Waals surface area contributed by atoms with Crippen molar-refractivity contribution in [1.29, 1.82) is 0 Å². The van der Waals surface area contributed by atoms with Crippen molar-refractivity contribution in [3.05, 3.63) is 0 Å². The van der Waals surface area contributed by atoms with Gasteiger partial charge in [0.1, 0.15) is 0 Å². The molecule has 0 bridgehead atoms. The molecule has 1 saturated heterocycles. The van der Waals surface area contributed by atoms with Crippen LogP contribution in [0, 0.1) is 0 Å². The second kappa shape index (κ2) is 6.74. The second-order valence-electron chi connectivity index (χ2n) is 4.13. The molecule has 90 valence electrons. The average molecular weight is 232 g/mol. The molecule has 0 amide bonds. The maximum absolute atomic E-state index is 5.85. The fraction of sp³-hybridized carbons (Fsp3) is 1.00. The van der Waals surface area contributed by atoms with Gasteiger partial charge >= 0.3 is 0 Å². The SMILES string of the molecule is CCOCCN1CCC(CN)(SC)CC1. The van der Waals surface area contributed by atoms with Crippen LogP contribution in [0.1, 0.15) is 19.8 Å². The van der Waals surface area contributed by atoms with Crippen LogP contribution in [0.2, 0.25) is 0 Å². The predicted octanol–water partition coefficient (Wildman–Crippen LogP) is 1.18. The minimum atomic E-state index is 0.349. The molecular formula is C11H24N2OS. The van der Waals surface area contributed by atoms with E-state index in [4.69, 9.17) is 10.5 Å². The summed E-state index contributed by atoms with van der Waals surface area (Å²) in [5.74, 6) is 0. The number of thioether (sulfide) groups is 1. The van der Waals surface area contributed by atoms with Crippen molar-refractivity contribution in [3.63, 3.8) is 0 Å². The van der Waals surface area contributed by atoms with E-state index in [0.717, 1.165) is 26.3 Å². The summed E-state index contributed by atoms with van der Waals surface area (Å²) in [5.41, 5.74) is 5.85. The molecule has 2 N–H and O–H groups in total. The van der Waals surface area contributed by atoms with Crippen LogP contribution in [0.25, 0.3) is 0 Å². The molecule has 0 spiro atoms. The van der Waals surface area contributed by atoms with Crippen LogP contribution in [-0.4, -0.2) is 55.3 Å². The molecule has 0 aromatic heterocycles. The smallest absolute Gasteiger partial charge is 0.0593 e. The van der Waals surface area contributed by atoms with Crippen molar-refractivity contribution in [1.82, 2.24) is 4.90 Å². The van der Waals surface area contributed by atoms with Gasteiger partial charge in [0.05, 0.1) is 6.61 Å². The van der Waals surface area contributed by atoms with Crippen LogP contribution in [0.3, 0.4) is 0 Å². The van der Waals surface area contributed by atoms with Crippen molar-refractivity contribution in [3.8, 4) is 0 Å². The molecule has 1 heterocycles. The minimum absolute atomic E-state index is 0.349. The van der Waals surface area contributed by atoms with Gasteiger partial charge in [-0.15, -0.1) is 0 Å². The summed E-state index contributed by atoms with van der Waals surface area (Å²) < 4.78 is 5.72. The maximum atomic E-state index is 5.85. The topological polar surface area (TPSA) is 38.5 Å². The average Bonchev–Trinajstić information content (AvgIpc) is 2.31. The molecule has 0 unspecified atom stereocenters. The number of likely N-dealkylation sites (tertiary alicyclic amines) is 1. The fourth-order valence-corrected chi connectivity index (χ4v) is 2.77. The third kappa shape index (κ3) is 3.94. The molecular weight excluding hydrogens is 208 g/mol. The van der Waals surface area contributed by atoms with Crippen molar-refractivity contribution < 1.29 is 4.74 Å². The molecule has 15 heavy (non-hydrogen) atoms. The zero-order valence-electron chi connectivity index (χ0n) is 10.00. The zero-order chi connectivity index (χ0) is 11.1. The van der Waals surface area contributed by atoms with E-state index in [-0.39, 0.29) is 0 Å². The van der Waals surface area contributed by atoms with E-state index in [2.05, 4.69) is 11.2 Å². The zero-order valence-corrected chi connectivity index (χ0v) is 10.8. The van der Waals surface area contributed by atoms with Gasteiger partial charge in [-0.1, -0.05) is 0 Å². The number of ether oxygens (including phenoxy) is 1. The molecule has 0 aliphatic carbocycles. The Kier molecular flexibility index (Phi) is 5.97. The van der Waals surface area contributed by atoms with Crippen molar-refractivity contribution in [2.75, 3.05) is 45.6 Å². The highest BCUT2D eigenvalue weighted by atomic mass is 32.2. The van der Waals surface area contributed by atoms with Crippen molar-refractivity contribution in [2.24, 2.45) is 5.73 Å². The van der Waals surface area contributed by atoms with Gasteiger partial charge in [0.25, 0.3) is 0 Å². The molecule has 1 rings (SSSR count). The number of rotatable bonds is 6. The van der Waals surface area contributed by atoms with Gasteiger partial charge in [-0.25, -0.2) is 0 Å². The van der Waals surface area contributed by atoms with Crippen LogP contribution in [-0.2, 0) is 4.74 Å². The first-order chi connectivity index (χ1) is 7.26. The van der Waals surface area contributed by atoms with Crippen LogP contribution in [0.15, 0.2) is 0 Å². The molecule has 4 heteroatoms. The van der Waals surface area contributed by atoms with E-state index in [1.165, 1.54) is 25.9 Å². The number of piperidine rings is 1. The Balaban J connectivity index is 2.22. The number of nitrogens with two attached hydrogens (primary N) is 1. The molecule has 0 radical (unpaired) electrons. The van der Waals surface area contributed by atoms with E-state index in [0.29, 0.717) is 4.75 Å². The maximum Gasteiger partial charge on any atom is 0.0593 e. The summed E-state index contributed by atoms with van der Waals surface area (Å²) in [7, 11) is 0. The van der Waals surface area contributed by atoms with Gasteiger partial charge in [0, 0.05) is 24.4 Å². The highest BCUT2D eigenvalue weighted by Crippen LogP contribution is 2.33. The molecule has 0 atom stereocenters. The molecule has 0 aromatic rings. The molecule has 3 nitrogen and oxygen atoms in total. The Morgan fingerprint density at radius 1 is 1.40 bits per heavy atom. The molecule has 1 aliphatic heterocycles. The lowest BCUT2D eigenvalue weighted by Gasteiger charge is -2.40. The number of nitrogens with zero attached hydrogens (tertiary/aromatic N) is 1. The largest absolute Gasteiger partial charge is 0.380 e. The normalized spacial score (nSPS) is 21.8. The van der Waals surface area contributed by atoms with E-state index < -0.39 is 0 Å². The summed E-state index contributed by atoms with van der Waals surface area (Å²) in [4.78, 5) is 2.49. The minimum Gasteiger partial charge on any atom is -0.380 e. The monoisotopic (exact) mass is 232 g/mol. The standard InChI is InChI=1S/C11H24N2OS/c1-3-14-9-8-13-6-4-11(10-12,15-2)5-7-13/h3-10,12H2,1-2H3. The molecule has 1 fully saturated rings. The Morgan fingerprint density at radius 3 is 2.53 bits per heavy atom. The number of hydrogen-bond acceptors (Lipinski definition) is 4. The summed E-state index contributed by atoms with van der Waals surface area (Å²) >= 11 is 1.94. The predicted molar refractivity (Wildman–Crippen MR) is 67.5 cm³/mol. The Morgan fingerprint density at radius 2 is 2.07 bits per heavy atom. The van der Waals surface area contributed by atoms with E-state index >= 15 is 0 Å². The first-order valence-electron chi connectivity index (χ1n) is 5.81. The quantitative estimate of drug-likeness (QED) is 0.698. The highest BCUT2D eigenvalue weighted by molar-refractivity contribution is 8.00. The van der Waals surface area contributed by atoms with Crippen LogP contribution in [0.4, 0.5) is 0 Å². The highest BCUT2D eigenvalue weighted by Gasteiger charge is 2.32. The van der Waals surface area contributed by atoms with Gasteiger partial charge in [-0.05, 0) is 39.1 Å². The molecule has 0 saturated carbocycles. The summed E-state index contributed by atoms with van der Waals surface area (Å²) in [6.07, 6.45) is 4.62. The summed E-state index contributed by atoms with van der Waals surface area (Å²) in [6.45, 7) is 7.97. The van der Waals surface area contributed by atoms with Crippen LogP contribution >= 0.6 is 11.8 Å². The third-order valence-electron chi connectivity index (χ3n) is 3.33. The van der Waals surface area contributed by atoms with Gasteiger partial charge in [0.2, 0.25) is 0 Å². The molecule has 0 aromatic carbocycles. The van der Waals surface area contributed by atoms with Gasteiger partial charge in [-0.3, -0.25) is 0 Å². The molecule has 1 aliphatic rings. The van der Waals surface area contributed by atoms with Gasteiger partial charge in [-0.2, -0.15) is 11.8 Å². The fourth-order valence-electron chi connectivity index (χ4n) is 2.01. The van der Waals surface area contributed by atoms with Gasteiger partial charge < -0.3 is 15.4 Å². The van der Waals surface area contributed by atoms with Crippen LogP contribution in [0.5, 0.6) is 0 Å². The second-order valence-corrected chi connectivity index (χ2v) is 5.40. The lowest BCUT2D eigenvalue weighted by molar-refractivity contribution is 0.100. The van der Waals surface area contributed by atoms with Gasteiger partial charge in [0.15, 0.2) is 0 Å². The third-order valence-corrected chi connectivity index (χ3v) is 4.77. The summed E-state index contributed by atoms with van der Waals surface area (Å²) in [6, 6.07) is 0. The Bertz CT molecular complexity index is 164. The number of hydrogen-bond donors (Lipinski definition) is 1. The van der Waals surface area contributed by atoms with Crippen LogP contribution < -0.4 is 5.73 Å². The Hall–Kier alpha value is 0.230. The van der Waals surface area contributed by atoms with Crippen molar-refractivity contribution >= 4 is 11.8 Å².